The first-order chi connectivity index (χ1) is 11.5. The van der Waals surface area contributed by atoms with Crippen LogP contribution in [0.1, 0.15) is 11.1 Å². The Bertz CT molecular complexity index is 831. The average molecular weight is 340 g/mol. The molecule has 120 valence electrons. The summed E-state index contributed by atoms with van der Waals surface area (Å²) in [4.78, 5) is 36.2. The molecule has 2 aromatic rings. The Balaban J connectivity index is 1.77. The molecule has 0 aromatic heterocycles. The van der Waals surface area contributed by atoms with Crippen molar-refractivity contribution < 1.29 is 14.5 Å². The summed E-state index contributed by atoms with van der Waals surface area (Å²) in [7, 11) is 0. The van der Waals surface area contributed by atoms with Crippen molar-refractivity contribution in [3.8, 4) is 0 Å². The molecule has 24 heavy (non-hydrogen) atoms. The van der Waals surface area contributed by atoms with E-state index >= 15 is 0 Å². The van der Waals surface area contributed by atoms with Gasteiger partial charge in [0.2, 0.25) is 0 Å². The molecule has 0 aliphatic carbocycles. The van der Waals surface area contributed by atoms with Crippen LogP contribution in [0.15, 0.2) is 59.5 Å². The fourth-order valence-electron chi connectivity index (χ4n) is 2.24. The molecule has 0 unspecified atom stereocenters. The van der Waals surface area contributed by atoms with Gasteiger partial charge in [-0.2, -0.15) is 0 Å². The Hall–Kier alpha value is -2.93. The fraction of sp³-hybridized carbons (Fsp3) is 0.0588. The van der Waals surface area contributed by atoms with Gasteiger partial charge in [0.05, 0.1) is 16.4 Å². The molecule has 0 N–H and O–H groups in total. The van der Waals surface area contributed by atoms with E-state index < -0.39 is 4.92 Å². The topological polar surface area (TPSA) is 80.5 Å². The minimum absolute atomic E-state index is 0.0307. The van der Waals surface area contributed by atoms with E-state index in [9.17, 15) is 19.7 Å². The number of non-ortho nitro benzene ring substituents is 1. The summed E-state index contributed by atoms with van der Waals surface area (Å²) >= 11 is 0.894. The Morgan fingerprint density at radius 1 is 1.04 bits per heavy atom. The monoisotopic (exact) mass is 340 g/mol. The molecule has 1 aliphatic heterocycles. The van der Waals surface area contributed by atoms with Crippen LogP contribution in [0.2, 0.25) is 0 Å². The number of nitro benzene ring substituents is 1. The van der Waals surface area contributed by atoms with E-state index in [1.807, 2.05) is 30.3 Å². The first-order valence-electron chi connectivity index (χ1n) is 7.08. The number of rotatable bonds is 4. The highest BCUT2D eigenvalue weighted by atomic mass is 32.2. The van der Waals surface area contributed by atoms with Crippen molar-refractivity contribution in [3.05, 3.63) is 80.7 Å². The zero-order valence-electron chi connectivity index (χ0n) is 12.4. The van der Waals surface area contributed by atoms with E-state index in [0.717, 1.165) is 22.2 Å². The number of nitro groups is 1. The summed E-state index contributed by atoms with van der Waals surface area (Å²) < 4.78 is 0. The molecule has 0 radical (unpaired) electrons. The van der Waals surface area contributed by atoms with Gasteiger partial charge in [0.25, 0.3) is 16.8 Å². The first kappa shape index (κ1) is 15.9. The second-order valence-electron chi connectivity index (χ2n) is 5.10. The second kappa shape index (κ2) is 6.67. The lowest BCUT2D eigenvalue weighted by molar-refractivity contribution is -0.384. The largest absolute Gasteiger partial charge is 0.293 e. The number of hydrogen-bond donors (Lipinski definition) is 0. The molecule has 1 aliphatic rings. The molecule has 2 aromatic carbocycles. The normalized spacial score (nSPS) is 16.0. The van der Waals surface area contributed by atoms with Crippen molar-refractivity contribution in [3.63, 3.8) is 0 Å². The van der Waals surface area contributed by atoms with E-state index in [2.05, 4.69) is 0 Å². The molecule has 0 atom stereocenters. The SMILES string of the molecule is O=C1S/C(=C\c2ccccc2)C(=O)N1Cc1ccc([N+](=O)[O-])cc1. The average Bonchev–Trinajstić information content (AvgIpc) is 2.84. The van der Waals surface area contributed by atoms with Gasteiger partial charge in [-0.15, -0.1) is 0 Å². The quantitative estimate of drug-likeness (QED) is 0.480. The summed E-state index contributed by atoms with van der Waals surface area (Å²) in [6, 6.07) is 15.1. The Kier molecular flexibility index (Phi) is 4.43. The molecule has 1 heterocycles. The number of imide groups is 1. The van der Waals surface area contributed by atoms with E-state index in [1.54, 1.807) is 18.2 Å². The van der Waals surface area contributed by atoms with Crippen LogP contribution in [0.3, 0.4) is 0 Å². The van der Waals surface area contributed by atoms with Crippen LogP contribution < -0.4 is 0 Å². The molecule has 1 saturated heterocycles. The molecule has 0 spiro atoms. The maximum Gasteiger partial charge on any atom is 0.293 e. The number of carbonyl (C=O) groups excluding carboxylic acids is 2. The van der Waals surface area contributed by atoms with Gasteiger partial charge in [-0.1, -0.05) is 42.5 Å². The summed E-state index contributed by atoms with van der Waals surface area (Å²) in [5.41, 5.74) is 1.47. The van der Waals surface area contributed by atoms with Crippen LogP contribution in [0.5, 0.6) is 0 Å². The molecule has 6 nitrogen and oxygen atoms in total. The number of nitrogens with zero attached hydrogens (tertiary/aromatic N) is 2. The zero-order chi connectivity index (χ0) is 17.1. The molecule has 3 rings (SSSR count). The summed E-state index contributed by atoms with van der Waals surface area (Å²) in [5, 5.41) is 10.3. The highest BCUT2D eigenvalue weighted by Crippen LogP contribution is 2.33. The van der Waals surface area contributed by atoms with Gasteiger partial charge in [-0.05, 0) is 29.0 Å². The molecule has 1 fully saturated rings. The number of benzene rings is 2. The van der Waals surface area contributed by atoms with Gasteiger partial charge >= 0.3 is 0 Å². The third kappa shape index (κ3) is 3.36. The van der Waals surface area contributed by atoms with Crippen molar-refractivity contribution in [1.82, 2.24) is 4.90 Å². The van der Waals surface area contributed by atoms with Gasteiger partial charge in [0, 0.05) is 12.1 Å². The molecule has 7 heteroatoms. The predicted molar refractivity (Wildman–Crippen MR) is 91.1 cm³/mol. The van der Waals surface area contributed by atoms with Crippen molar-refractivity contribution in [1.29, 1.82) is 0 Å². The van der Waals surface area contributed by atoms with Gasteiger partial charge < -0.3 is 0 Å². The number of carbonyl (C=O) groups is 2. The predicted octanol–water partition coefficient (Wildman–Crippen LogP) is 3.83. The Morgan fingerprint density at radius 2 is 1.71 bits per heavy atom. The number of amides is 2. The van der Waals surface area contributed by atoms with Crippen LogP contribution >= 0.6 is 11.8 Å². The smallest absolute Gasteiger partial charge is 0.268 e. The third-order valence-electron chi connectivity index (χ3n) is 3.46. The van der Waals surface area contributed by atoms with E-state index in [1.165, 1.54) is 12.1 Å². The summed E-state index contributed by atoms with van der Waals surface area (Å²) in [6.07, 6.45) is 1.68. The minimum atomic E-state index is -0.494. The Labute approximate surface area is 141 Å². The lowest BCUT2D eigenvalue weighted by atomic mass is 10.2. The van der Waals surface area contributed by atoms with E-state index in [0.29, 0.717) is 10.5 Å². The van der Waals surface area contributed by atoms with E-state index in [-0.39, 0.29) is 23.4 Å². The number of hydrogen-bond acceptors (Lipinski definition) is 5. The second-order valence-corrected chi connectivity index (χ2v) is 6.10. The van der Waals surface area contributed by atoms with Crippen LogP contribution in [0.4, 0.5) is 10.5 Å². The number of thioether (sulfide) groups is 1. The Morgan fingerprint density at radius 3 is 2.33 bits per heavy atom. The van der Waals surface area contributed by atoms with Gasteiger partial charge in [0.1, 0.15) is 0 Å². The lowest BCUT2D eigenvalue weighted by Crippen LogP contribution is -2.27. The molecule has 0 saturated carbocycles. The molecule has 0 bridgehead atoms. The fourth-order valence-corrected chi connectivity index (χ4v) is 3.08. The maximum absolute atomic E-state index is 12.4. The van der Waals surface area contributed by atoms with Crippen LogP contribution in [-0.4, -0.2) is 21.0 Å². The van der Waals surface area contributed by atoms with Crippen molar-refractivity contribution >= 4 is 34.7 Å². The highest BCUT2D eigenvalue weighted by Gasteiger charge is 2.34. The van der Waals surface area contributed by atoms with Crippen LogP contribution in [-0.2, 0) is 11.3 Å². The zero-order valence-corrected chi connectivity index (χ0v) is 13.2. The van der Waals surface area contributed by atoms with Gasteiger partial charge in [-0.3, -0.25) is 24.6 Å². The van der Waals surface area contributed by atoms with E-state index in [4.69, 9.17) is 0 Å². The van der Waals surface area contributed by atoms with Crippen LogP contribution in [0, 0.1) is 10.1 Å². The maximum atomic E-state index is 12.4. The van der Waals surface area contributed by atoms with Gasteiger partial charge in [-0.25, -0.2) is 0 Å². The first-order valence-corrected chi connectivity index (χ1v) is 7.90. The summed E-state index contributed by atoms with van der Waals surface area (Å²) in [6.45, 7) is 0.0921. The third-order valence-corrected chi connectivity index (χ3v) is 4.37. The van der Waals surface area contributed by atoms with Gasteiger partial charge in [0.15, 0.2) is 0 Å². The summed E-state index contributed by atoms with van der Waals surface area (Å²) in [5.74, 6) is -0.354. The molecular weight excluding hydrogens is 328 g/mol. The molecular formula is C17H12N2O4S. The minimum Gasteiger partial charge on any atom is -0.268 e. The molecule has 2 amide bonds. The lowest BCUT2D eigenvalue weighted by Gasteiger charge is -2.12. The highest BCUT2D eigenvalue weighted by molar-refractivity contribution is 8.18. The van der Waals surface area contributed by atoms with Crippen molar-refractivity contribution in [2.24, 2.45) is 0 Å². The van der Waals surface area contributed by atoms with Crippen molar-refractivity contribution in [2.75, 3.05) is 0 Å². The standard InChI is InChI=1S/C17H12N2O4S/c20-16-15(10-12-4-2-1-3-5-12)24-17(21)18(16)11-13-6-8-14(9-7-13)19(22)23/h1-10H,11H2/b15-10-. The van der Waals surface area contributed by atoms with Crippen molar-refractivity contribution in [2.45, 2.75) is 6.54 Å². The van der Waals surface area contributed by atoms with Crippen LogP contribution in [0.25, 0.3) is 6.08 Å².